The number of carbonyl (C=O) groups is 1. The topological polar surface area (TPSA) is 56.7 Å². The van der Waals surface area contributed by atoms with Crippen LogP contribution in [0.5, 0.6) is 0 Å². The lowest BCUT2D eigenvalue weighted by molar-refractivity contribution is -0.121. The lowest BCUT2D eigenvalue weighted by atomic mass is 9.91. The number of guanidine groups is 1. The Morgan fingerprint density at radius 2 is 1.91 bits per heavy atom. The fourth-order valence-electron chi connectivity index (χ4n) is 2.93. The second-order valence-electron chi connectivity index (χ2n) is 7.71. The van der Waals surface area contributed by atoms with Crippen molar-refractivity contribution in [2.24, 2.45) is 16.3 Å². The molecule has 23 heavy (non-hydrogen) atoms. The van der Waals surface area contributed by atoms with Gasteiger partial charge in [-0.2, -0.15) is 0 Å². The predicted octanol–water partition coefficient (Wildman–Crippen LogP) is 2.63. The van der Waals surface area contributed by atoms with Crippen LogP contribution in [-0.2, 0) is 4.79 Å². The summed E-state index contributed by atoms with van der Waals surface area (Å²) >= 11 is 0. The minimum absolute atomic E-state index is 0.159. The maximum atomic E-state index is 11.5. The Balaban J connectivity index is 2.44. The van der Waals surface area contributed by atoms with E-state index in [-0.39, 0.29) is 5.91 Å². The summed E-state index contributed by atoms with van der Waals surface area (Å²) in [4.78, 5) is 18.6. The van der Waals surface area contributed by atoms with Gasteiger partial charge in [-0.1, -0.05) is 20.8 Å². The van der Waals surface area contributed by atoms with E-state index in [1.807, 2.05) is 0 Å². The van der Waals surface area contributed by atoms with Crippen molar-refractivity contribution in [1.29, 1.82) is 0 Å². The molecule has 0 atom stereocenters. The SMILES string of the molecule is CCNC(=NCCCC(C)(C)C)N1CCC(CC(=O)NC)CC1. The standard InChI is InChI=1S/C18H36N4O/c1-6-20-17(21-11-7-10-18(2,3)4)22-12-8-15(9-13-22)14-16(23)19-5/h15H,6-14H2,1-5H3,(H,19,23)(H,20,21). The van der Waals surface area contributed by atoms with E-state index in [4.69, 9.17) is 4.99 Å². The number of aliphatic imine (C=N–C) groups is 1. The summed E-state index contributed by atoms with van der Waals surface area (Å²) in [5.74, 6) is 1.71. The molecule has 1 aliphatic heterocycles. The Morgan fingerprint density at radius 1 is 1.26 bits per heavy atom. The minimum Gasteiger partial charge on any atom is -0.359 e. The van der Waals surface area contributed by atoms with E-state index in [0.29, 0.717) is 17.8 Å². The third-order valence-corrected chi connectivity index (χ3v) is 4.35. The van der Waals surface area contributed by atoms with Gasteiger partial charge in [0.05, 0.1) is 0 Å². The van der Waals surface area contributed by atoms with E-state index in [1.54, 1.807) is 7.05 Å². The van der Waals surface area contributed by atoms with Gasteiger partial charge in [0, 0.05) is 39.6 Å². The molecule has 0 radical (unpaired) electrons. The van der Waals surface area contributed by atoms with Gasteiger partial charge in [0.2, 0.25) is 5.91 Å². The van der Waals surface area contributed by atoms with Crippen molar-refractivity contribution in [1.82, 2.24) is 15.5 Å². The molecular formula is C18H36N4O. The molecule has 2 N–H and O–H groups in total. The normalized spacial score (nSPS) is 17.3. The maximum Gasteiger partial charge on any atom is 0.220 e. The van der Waals surface area contributed by atoms with E-state index < -0.39 is 0 Å². The van der Waals surface area contributed by atoms with Gasteiger partial charge in [-0.3, -0.25) is 9.79 Å². The molecule has 0 aliphatic carbocycles. The highest BCUT2D eigenvalue weighted by Crippen LogP contribution is 2.21. The van der Waals surface area contributed by atoms with Crippen molar-refractivity contribution < 1.29 is 4.79 Å². The second kappa shape index (κ2) is 9.78. The van der Waals surface area contributed by atoms with Gasteiger partial charge in [0.25, 0.3) is 0 Å². The van der Waals surface area contributed by atoms with Gasteiger partial charge in [0.15, 0.2) is 5.96 Å². The van der Waals surface area contributed by atoms with Crippen LogP contribution >= 0.6 is 0 Å². The quantitative estimate of drug-likeness (QED) is 0.449. The molecular weight excluding hydrogens is 288 g/mol. The molecule has 0 bridgehead atoms. The molecule has 5 heteroatoms. The van der Waals surface area contributed by atoms with Crippen LogP contribution in [0.1, 0.15) is 59.8 Å². The van der Waals surface area contributed by atoms with E-state index in [0.717, 1.165) is 51.4 Å². The van der Waals surface area contributed by atoms with Crippen LogP contribution in [0.4, 0.5) is 0 Å². The molecule has 1 saturated heterocycles. The first-order chi connectivity index (χ1) is 10.9. The van der Waals surface area contributed by atoms with Crippen molar-refractivity contribution in [3.63, 3.8) is 0 Å². The van der Waals surface area contributed by atoms with Crippen molar-refractivity contribution in [2.75, 3.05) is 33.2 Å². The fourth-order valence-corrected chi connectivity index (χ4v) is 2.93. The fraction of sp³-hybridized carbons (Fsp3) is 0.889. The minimum atomic E-state index is 0.159. The number of piperidine rings is 1. The largest absolute Gasteiger partial charge is 0.359 e. The van der Waals surface area contributed by atoms with Gasteiger partial charge < -0.3 is 15.5 Å². The maximum absolute atomic E-state index is 11.5. The van der Waals surface area contributed by atoms with Gasteiger partial charge in [-0.15, -0.1) is 0 Å². The van der Waals surface area contributed by atoms with Gasteiger partial charge in [-0.05, 0) is 43.9 Å². The Kier molecular flexibility index (Phi) is 8.42. The average molecular weight is 325 g/mol. The Morgan fingerprint density at radius 3 is 2.43 bits per heavy atom. The highest BCUT2D eigenvalue weighted by molar-refractivity contribution is 5.80. The molecule has 1 amide bonds. The highest BCUT2D eigenvalue weighted by Gasteiger charge is 2.23. The summed E-state index contributed by atoms with van der Waals surface area (Å²) in [7, 11) is 1.71. The van der Waals surface area contributed by atoms with Gasteiger partial charge >= 0.3 is 0 Å². The Hall–Kier alpha value is -1.26. The van der Waals surface area contributed by atoms with Crippen LogP contribution < -0.4 is 10.6 Å². The molecule has 5 nitrogen and oxygen atoms in total. The first-order valence-electron chi connectivity index (χ1n) is 9.09. The van der Waals surface area contributed by atoms with Crippen molar-refractivity contribution >= 4 is 11.9 Å². The summed E-state index contributed by atoms with van der Waals surface area (Å²) in [6.45, 7) is 12.7. The zero-order valence-corrected chi connectivity index (χ0v) is 15.7. The van der Waals surface area contributed by atoms with E-state index in [1.165, 1.54) is 6.42 Å². The Bertz CT molecular complexity index is 379. The predicted molar refractivity (Wildman–Crippen MR) is 97.6 cm³/mol. The van der Waals surface area contributed by atoms with Crippen LogP contribution in [0.3, 0.4) is 0 Å². The van der Waals surface area contributed by atoms with E-state index >= 15 is 0 Å². The van der Waals surface area contributed by atoms with Gasteiger partial charge in [-0.25, -0.2) is 0 Å². The number of nitrogens with zero attached hydrogens (tertiary/aromatic N) is 2. The number of likely N-dealkylation sites (tertiary alicyclic amines) is 1. The molecule has 1 heterocycles. The van der Waals surface area contributed by atoms with E-state index in [9.17, 15) is 4.79 Å². The summed E-state index contributed by atoms with van der Waals surface area (Å²) in [5, 5.41) is 6.14. The number of carbonyl (C=O) groups excluding carboxylic acids is 1. The van der Waals surface area contributed by atoms with Crippen LogP contribution in [-0.4, -0.2) is 50.0 Å². The van der Waals surface area contributed by atoms with Crippen molar-refractivity contribution in [3.05, 3.63) is 0 Å². The first kappa shape index (κ1) is 19.8. The van der Waals surface area contributed by atoms with Crippen LogP contribution in [0.15, 0.2) is 4.99 Å². The van der Waals surface area contributed by atoms with Crippen molar-refractivity contribution in [2.45, 2.75) is 59.8 Å². The van der Waals surface area contributed by atoms with Crippen LogP contribution in [0.25, 0.3) is 0 Å². The first-order valence-corrected chi connectivity index (χ1v) is 9.09. The third kappa shape index (κ3) is 8.24. The summed E-state index contributed by atoms with van der Waals surface area (Å²) < 4.78 is 0. The molecule has 134 valence electrons. The molecule has 0 unspecified atom stereocenters. The van der Waals surface area contributed by atoms with Crippen LogP contribution in [0.2, 0.25) is 0 Å². The smallest absolute Gasteiger partial charge is 0.220 e. The summed E-state index contributed by atoms with van der Waals surface area (Å²) in [5.41, 5.74) is 0.381. The molecule has 1 rings (SSSR count). The molecule has 0 aromatic carbocycles. The molecule has 0 saturated carbocycles. The molecule has 1 fully saturated rings. The monoisotopic (exact) mass is 324 g/mol. The average Bonchev–Trinajstić information content (AvgIpc) is 2.50. The molecule has 0 spiro atoms. The number of nitrogens with one attached hydrogen (secondary N) is 2. The second-order valence-corrected chi connectivity index (χ2v) is 7.71. The lowest BCUT2D eigenvalue weighted by Crippen LogP contribution is -2.46. The highest BCUT2D eigenvalue weighted by atomic mass is 16.1. The van der Waals surface area contributed by atoms with E-state index in [2.05, 4.69) is 43.2 Å². The Labute approximate surface area is 142 Å². The lowest BCUT2D eigenvalue weighted by Gasteiger charge is -2.34. The summed E-state index contributed by atoms with van der Waals surface area (Å²) in [6, 6.07) is 0. The summed E-state index contributed by atoms with van der Waals surface area (Å²) in [6.07, 6.45) is 5.12. The van der Waals surface area contributed by atoms with Crippen molar-refractivity contribution in [3.8, 4) is 0 Å². The van der Waals surface area contributed by atoms with Gasteiger partial charge in [0.1, 0.15) is 0 Å². The number of rotatable bonds is 6. The third-order valence-electron chi connectivity index (χ3n) is 4.35. The molecule has 0 aromatic rings. The number of hydrogen-bond donors (Lipinski definition) is 2. The zero-order valence-electron chi connectivity index (χ0n) is 15.7. The molecule has 0 aromatic heterocycles. The number of amides is 1. The molecule has 1 aliphatic rings. The zero-order chi connectivity index (χ0) is 17.3. The number of hydrogen-bond acceptors (Lipinski definition) is 2. The van der Waals surface area contributed by atoms with Crippen LogP contribution in [0, 0.1) is 11.3 Å².